The summed E-state index contributed by atoms with van der Waals surface area (Å²) in [6.07, 6.45) is 0.0154. The van der Waals surface area contributed by atoms with Crippen LogP contribution in [0.1, 0.15) is 25.8 Å². The molecular weight excluding hydrogens is 361 g/mol. The van der Waals surface area contributed by atoms with Crippen molar-refractivity contribution in [1.29, 1.82) is 0 Å². The third-order valence-electron chi connectivity index (χ3n) is 4.78. The molecule has 1 aromatic heterocycles. The van der Waals surface area contributed by atoms with Crippen LogP contribution in [0, 0.1) is 5.82 Å². The first-order chi connectivity index (χ1) is 13.3. The van der Waals surface area contributed by atoms with Crippen molar-refractivity contribution in [2.24, 2.45) is 0 Å². The summed E-state index contributed by atoms with van der Waals surface area (Å²) in [4.78, 5) is 36.8. The molecule has 2 aromatic carbocycles. The van der Waals surface area contributed by atoms with Crippen LogP contribution < -0.4 is 16.4 Å². The third-order valence-corrected chi connectivity index (χ3v) is 4.78. The lowest BCUT2D eigenvalue weighted by molar-refractivity contribution is -0.121. The van der Waals surface area contributed by atoms with Crippen molar-refractivity contribution < 1.29 is 9.18 Å². The fraction of sp³-hybridized carbons (Fsp3) is 0.286. The number of benzene rings is 2. The Bertz CT molecular complexity index is 1130. The summed E-state index contributed by atoms with van der Waals surface area (Å²) in [6, 6.07) is 13.0. The van der Waals surface area contributed by atoms with Crippen LogP contribution in [0.3, 0.4) is 0 Å². The Morgan fingerprint density at radius 3 is 2.43 bits per heavy atom. The highest BCUT2D eigenvalue weighted by Gasteiger charge is 2.24. The molecule has 0 unspecified atom stereocenters. The number of hydrogen-bond acceptors (Lipinski definition) is 3. The predicted octanol–water partition coefficient (Wildman–Crippen LogP) is 2.31. The van der Waals surface area contributed by atoms with E-state index in [0.717, 1.165) is 4.68 Å². The number of nitrogens with zero attached hydrogens (tertiary/aromatic N) is 1. The highest BCUT2D eigenvalue weighted by atomic mass is 19.1. The summed E-state index contributed by atoms with van der Waals surface area (Å²) in [5.41, 5.74) is -0.800. The van der Waals surface area contributed by atoms with Crippen molar-refractivity contribution in [1.82, 2.24) is 15.1 Å². The molecule has 1 amide bonds. The van der Waals surface area contributed by atoms with Gasteiger partial charge in [-0.15, -0.1) is 0 Å². The standard InChI is InChI=1S/C21H22FN3O3/c1-21(2,16-9-5-6-10-17(16)22)13-23-18(26)11-12-25-20(28)15-8-4-3-7-14(15)19(27)24-25/h3-10H,11-13H2,1-2H3,(H,23,26)(H,24,27). The quantitative estimate of drug-likeness (QED) is 0.685. The lowest BCUT2D eigenvalue weighted by Gasteiger charge is -2.26. The predicted molar refractivity (Wildman–Crippen MR) is 106 cm³/mol. The summed E-state index contributed by atoms with van der Waals surface area (Å²) in [6.45, 7) is 3.98. The van der Waals surface area contributed by atoms with E-state index in [1.54, 1.807) is 42.5 Å². The second-order valence-corrected chi connectivity index (χ2v) is 7.33. The number of aromatic nitrogens is 2. The molecule has 0 radical (unpaired) electrons. The molecule has 146 valence electrons. The van der Waals surface area contributed by atoms with Gasteiger partial charge < -0.3 is 5.32 Å². The summed E-state index contributed by atoms with van der Waals surface area (Å²) in [5.74, 6) is -0.604. The van der Waals surface area contributed by atoms with Crippen molar-refractivity contribution in [3.63, 3.8) is 0 Å². The molecule has 0 atom stereocenters. The molecule has 0 spiro atoms. The van der Waals surface area contributed by atoms with Crippen LogP contribution in [-0.4, -0.2) is 22.2 Å². The van der Waals surface area contributed by atoms with E-state index in [4.69, 9.17) is 0 Å². The molecule has 28 heavy (non-hydrogen) atoms. The fourth-order valence-corrected chi connectivity index (χ4v) is 3.13. The summed E-state index contributed by atoms with van der Waals surface area (Å²) >= 11 is 0. The van der Waals surface area contributed by atoms with Crippen LogP contribution in [0.15, 0.2) is 58.1 Å². The number of halogens is 1. The highest BCUT2D eigenvalue weighted by Crippen LogP contribution is 2.24. The number of carbonyl (C=O) groups is 1. The SMILES string of the molecule is CC(C)(CNC(=O)CCn1[nH]c(=O)c2ccccc2c1=O)c1ccccc1F. The molecule has 3 rings (SSSR count). The smallest absolute Gasteiger partial charge is 0.273 e. The molecular formula is C21H22FN3O3. The van der Waals surface area contributed by atoms with Crippen molar-refractivity contribution >= 4 is 16.7 Å². The first kappa shape index (κ1) is 19.5. The van der Waals surface area contributed by atoms with E-state index in [0.29, 0.717) is 16.3 Å². The van der Waals surface area contributed by atoms with E-state index in [9.17, 15) is 18.8 Å². The van der Waals surface area contributed by atoms with E-state index < -0.39 is 5.41 Å². The summed E-state index contributed by atoms with van der Waals surface area (Å²) < 4.78 is 15.1. The van der Waals surface area contributed by atoms with Crippen LogP contribution in [0.4, 0.5) is 4.39 Å². The van der Waals surface area contributed by atoms with Gasteiger partial charge in [-0.25, -0.2) is 9.07 Å². The molecule has 0 fully saturated rings. The number of rotatable bonds is 6. The van der Waals surface area contributed by atoms with E-state index >= 15 is 0 Å². The maximum Gasteiger partial charge on any atom is 0.273 e. The minimum atomic E-state index is -0.588. The molecule has 0 bridgehead atoms. The Labute approximate surface area is 161 Å². The lowest BCUT2D eigenvalue weighted by atomic mass is 9.84. The fourth-order valence-electron chi connectivity index (χ4n) is 3.13. The van der Waals surface area contributed by atoms with Gasteiger partial charge in [0, 0.05) is 18.4 Å². The normalized spacial score (nSPS) is 11.5. The van der Waals surface area contributed by atoms with Crippen LogP contribution >= 0.6 is 0 Å². The van der Waals surface area contributed by atoms with Crippen LogP contribution in [0.2, 0.25) is 0 Å². The van der Waals surface area contributed by atoms with Gasteiger partial charge in [0.05, 0.1) is 17.3 Å². The number of nitrogens with one attached hydrogen (secondary N) is 2. The summed E-state index contributed by atoms with van der Waals surface area (Å²) in [7, 11) is 0. The Morgan fingerprint density at radius 2 is 1.71 bits per heavy atom. The number of H-pyrrole nitrogens is 1. The molecule has 2 N–H and O–H groups in total. The van der Waals surface area contributed by atoms with Gasteiger partial charge in [-0.2, -0.15) is 0 Å². The number of amides is 1. The average molecular weight is 383 g/mol. The van der Waals surface area contributed by atoms with Crippen molar-refractivity contribution in [3.8, 4) is 0 Å². The lowest BCUT2D eigenvalue weighted by Crippen LogP contribution is -2.38. The topological polar surface area (TPSA) is 84.0 Å². The molecule has 0 saturated carbocycles. The number of hydrogen-bond donors (Lipinski definition) is 2. The molecule has 3 aromatic rings. The van der Waals surface area contributed by atoms with E-state index in [2.05, 4.69) is 10.4 Å². The molecule has 0 aliphatic heterocycles. The van der Waals surface area contributed by atoms with Gasteiger partial charge in [-0.05, 0) is 23.8 Å². The molecule has 6 nitrogen and oxygen atoms in total. The number of aromatic amines is 1. The minimum Gasteiger partial charge on any atom is -0.355 e. The van der Waals surface area contributed by atoms with Crippen LogP contribution in [0.25, 0.3) is 10.8 Å². The van der Waals surface area contributed by atoms with Gasteiger partial charge in [0.15, 0.2) is 0 Å². The Hall–Kier alpha value is -3.22. The van der Waals surface area contributed by atoms with Gasteiger partial charge in [0.25, 0.3) is 11.1 Å². The zero-order valence-electron chi connectivity index (χ0n) is 15.8. The van der Waals surface area contributed by atoms with Gasteiger partial charge >= 0.3 is 0 Å². The van der Waals surface area contributed by atoms with E-state index in [-0.39, 0.29) is 42.4 Å². The van der Waals surface area contributed by atoms with Gasteiger partial charge in [0.2, 0.25) is 5.91 Å². The largest absolute Gasteiger partial charge is 0.355 e. The first-order valence-electron chi connectivity index (χ1n) is 9.03. The highest BCUT2D eigenvalue weighted by molar-refractivity contribution is 5.80. The summed E-state index contributed by atoms with van der Waals surface area (Å²) in [5, 5.41) is 5.91. The second kappa shape index (κ2) is 7.80. The van der Waals surface area contributed by atoms with Crippen LogP contribution in [0.5, 0.6) is 0 Å². The Kier molecular flexibility index (Phi) is 5.44. The van der Waals surface area contributed by atoms with Crippen molar-refractivity contribution in [3.05, 3.63) is 80.6 Å². The average Bonchev–Trinajstić information content (AvgIpc) is 2.68. The van der Waals surface area contributed by atoms with Crippen LogP contribution in [-0.2, 0) is 16.8 Å². The Balaban J connectivity index is 1.66. The number of fused-ring (bicyclic) bond motifs is 1. The molecule has 0 aliphatic carbocycles. The van der Waals surface area contributed by atoms with Gasteiger partial charge in [-0.3, -0.25) is 19.5 Å². The molecule has 1 heterocycles. The van der Waals surface area contributed by atoms with E-state index in [1.807, 2.05) is 13.8 Å². The molecule has 0 aliphatic rings. The Morgan fingerprint density at radius 1 is 1.07 bits per heavy atom. The zero-order chi connectivity index (χ0) is 20.3. The molecule has 0 saturated heterocycles. The maximum absolute atomic E-state index is 14.0. The van der Waals surface area contributed by atoms with E-state index in [1.165, 1.54) is 6.07 Å². The van der Waals surface area contributed by atoms with Crippen molar-refractivity contribution in [2.75, 3.05) is 6.54 Å². The monoisotopic (exact) mass is 383 g/mol. The second-order valence-electron chi connectivity index (χ2n) is 7.33. The third kappa shape index (κ3) is 4.03. The zero-order valence-corrected chi connectivity index (χ0v) is 15.8. The minimum absolute atomic E-state index is 0.0154. The molecule has 7 heteroatoms. The number of aryl methyl sites for hydroxylation is 1. The first-order valence-corrected chi connectivity index (χ1v) is 9.03. The van der Waals surface area contributed by atoms with Gasteiger partial charge in [-0.1, -0.05) is 44.2 Å². The number of carbonyl (C=O) groups excluding carboxylic acids is 1. The van der Waals surface area contributed by atoms with Crippen molar-refractivity contribution in [2.45, 2.75) is 32.2 Å². The van der Waals surface area contributed by atoms with Gasteiger partial charge in [0.1, 0.15) is 5.82 Å². The maximum atomic E-state index is 14.0.